The molecule has 1 aromatic heterocycles. The van der Waals surface area contributed by atoms with E-state index in [4.69, 9.17) is 5.73 Å². The maximum atomic E-state index is 11.5. The molecule has 3 N–H and O–H groups in total. The van der Waals surface area contributed by atoms with Crippen molar-refractivity contribution in [1.82, 2.24) is 15.1 Å². The van der Waals surface area contributed by atoms with Gasteiger partial charge in [-0.3, -0.25) is 9.48 Å². The molecule has 1 heterocycles. The van der Waals surface area contributed by atoms with Gasteiger partial charge in [0.2, 0.25) is 5.91 Å². The lowest BCUT2D eigenvalue weighted by Crippen LogP contribution is -2.30. The van der Waals surface area contributed by atoms with Gasteiger partial charge >= 0.3 is 0 Å². The van der Waals surface area contributed by atoms with Crippen LogP contribution in [0.15, 0.2) is 0 Å². The summed E-state index contributed by atoms with van der Waals surface area (Å²) in [6, 6.07) is 0. The van der Waals surface area contributed by atoms with Gasteiger partial charge < -0.3 is 11.1 Å². The van der Waals surface area contributed by atoms with Crippen LogP contribution in [-0.2, 0) is 11.3 Å². The third-order valence-corrected chi connectivity index (χ3v) is 2.97. The average Bonchev–Trinajstić information content (AvgIpc) is 2.47. The molecule has 1 rings (SSSR count). The summed E-state index contributed by atoms with van der Waals surface area (Å²) in [4.78, 5) is 11.5. The van der Waals surface area contributed by atoms with E-state index in [0.717, 1.165) is 17.1 Å². The molecule has 0 atom stereocenters. The van der Waals surface area contributed by atoms with Crippen LogP contribution in [0.25, 0.3) is 0 Å². The molecule has 0 saturated carbocycles. The van der Waals surface area contributed by atoms with Crippen LogP contribution >= 0.6 is 11.8 Å². The average molecular weight is 242 g/mol. The summed E-state index contributed by atoms with van der Waals surface area (Å²) in [6.45, 7) is 4.63. The van der Waals surface area contributed by atoms with Gasteiger partial charge in [-0.1, -0.05) is 0 Å². The number of rotatable bonds is 5. The lowest BCUT2D eigenvalue weighted by molar-refractivity contribution is -0.121. The SMILES string of the molecule is CSCCNC(=O)Cn1nc(C)c(N)c1C. The first-order chi connectivity index (χ1) is 7.56. The zero-order valence-electron chi connectivity index (χ0n) is 9.91. The number of carbonyl (C=O) groups is 1. The van der Waals surface area contributed by atoms with Gasteiger partial charge in [0.1, 0.15) is 6.54 Å². The number of nitrogens with one attached hydrogen (secondary N) is 1. The van der Waals surface area contributed by atoms with Crippen molar-refractivity contribution in [3.8, 4) is 0 Å². The molecule has 1 amide bonds. The molecule has 5 nitrogen and oxygen atoms in total. The number of hydrogen-bond donors (Lipinski definition) is 2. The van der Waals surface area contributed by atoms with Crippen molar-refractivity contribution in [3.05, 3.63) is 11.4 Å². The third kappa shape index (κ3) is 3.16. The lowest BCUT2D eigenvalue weighted by atomic mass is 10.3. The molecule has 0 spiro atoms. The van der Waals surface area contributed by atoms with Crippen molar-refractivity contribution in [3.63, 3.8) is 0 Å². The number of thioether (sulfide) groups is 1. The predicted octanol–water partition coefficient (Wildman–Crippen LogP) is 0.561. The first-order valence-corrected chi connectivity index (χ1v) is 6.50. The summed E-state index contributed by atoms with van der Waals surface area (Å²) in [7, 11) is 0. The monoisotopic (exact) mass is 242 g/mol. The fourth-order valence-corrected chi connectivity index (χ4v) is 1.66. The topological polar surface area (TPSA) is 72.9 Å². The minimum Gasteiger partial charge on any atom is -0.396 e. The van der Waals surface area contributed by atoms with Gasteiger partial charge in [0.15, 0.2) is 0 Å². The predicted molar refractivity (Wildman–Crippen MR) is 67.5 cm³/mol. The molecule has 0 saturated heterocycles. The van der Waals surface area contributed by atoms with Gasteiger partial charge in [-0.05, 0) is 20.1 Å². The lowest BCUT2D eigenvalue weighted by Gasteiger charge is -2.05. The molecule has 0 aliphatic carbocycles. The van der Waals surface area contributed by atoms with E-state index in [0.29, 0.717) is 12.2 Å². The van der Waals surface area contributed by atoms with Crippen molar-refractivity contribution in [2.75, 3.05) is 24.3 Å². The van der Waals surface area contributed by atoms with Crippen LogP contribution < -0.4 is 11.1 Å². The van der Waals surface area contributed by atoms with Crippen molar-refractivity contribution in [2.24, 2.45) is 0 Å². The van der Waals surface area contributed by atoms with Crippen molar-refractivity contribution in [1.29, 1.82) is 0 Å². The number of nitrogen functional groups attached to an aromatic ring is 1. The normalized spacial score (nSPS) is 10.4. The number of nitrogens with two attached hydrogens (primary N) is 1. The Morgan fingerprint density at radius 1 is 1.56 bits per heavy atom. The number of amides is 1. The van der Waals surface area contributed by atoms with E-state index < -0.39 is 0 Å². The summed E-state index contributed by atoms with van der Waals surface area (Å²) in [5, 5.41) is 7.03. The zero-order valence-corrected chi connectivity index (χ0v) is 10.7. The number of anilines is 1. The minimum absolute atomic E-state index is 0.0281. The van der Waals surface area contributed by atoms with Gasteiger partial charge in [-0.25, -0.2) is 0 Å². The number of hydrogen-bond acceptors (Lipinski definition) is 4. The van der Waals surface area contributed by atoms with E-state index in [1.807, 2.05) is 20.1 Å². The fourth-order valence-electron chi connectivity index (χ4n) is 1.35. The Labute approximate surface area is 99.8 Å². The van der Waals surface area contributed by atoms with Crippen LogP contribution in [0.5, 0.6) is 0 Å². The van der Waals surface area contributed by atoms with E-state index in [1.165, 1.54) is 0 Å². The number of aryl methyl sites for hydroxylation is 1. The highest BCUT2D eigenvalue weighted by molar-refractivity contribution is 7.98. The summed E-state index contributed by atoms with van der Waals surface area (Å²) in [6.07, 6.45) is 2.01. The molecule has 1 aromatic rings. The summed E-state index contributed by atoms with van der Waals surface area (Å²) in [5.74, 6) is 0.894. The molecule has 0 bridgehead atoms. The maximum absolute atomic E-state index is 11.5. The maximum Gasteiger partial charge on any atom is 0.241 e. The highest BCUT2D eigenvalue weighted by Gasteiger charge is 2.10. The number of aromatic nitrogens is 2. The minimum atomic E-state index is -0.0281. The van der Waals surface area contributed by atoms with E-state index in [1.54, 1.807) is 16.4 Å². The molecule has 6 heteroatoms. The smallest absolute Gasteiger partial charge is 0.241 e. The van der Waals surface area contributed by atoms with Crippen LogP contribution in [0, 0.1) is 13.8 Å². The Morgan fingerprint density at radius 2 is 2.25 bits per heavy atom. The molecule has 0 unspecified atom stereocenters. The van der Waals surface area contributed by atoms with Crippen LogP contribution in [0.1, 0.15) is 11.4 Å². The van der Waals surface area contributed by atoms with Gasteiger partial charge in [-0.15, -0.1) is 0 Å². The molecule has 90 valence electrons. The molecular weight excluding hydrogens is 224 g/mol. The zero-order chi connectivity index (χ0) is 12.1. The molecule has 0 aliphatic rings. The first kappa shape index (κ1) is 12.9. The van der Waals surface area contributed by atoms with E-state index in [-0.39, 0.29) is 12.5 Å². The Balaban J connectivity index is 2.53. The van der Waals surface area contributed by atoms with Crippen LogP contribution in [-0.4, -0.2) is 34.2 Å². The Bertz CT molecular complexity index is 375. The van der Waals surface area contributed by atoms with Gasteiger partial charge in [0.25, 0.3) is 0 Å². The second kappa shape index (κ2) is 5.79. The van der Waals surface area contributed by atoms with E-state index >= 15 is 0 Å². The van der Waals surface area contributed by atoms with Crippen molar-refractivity contribution in [2.45, 2.75) is 20.4 Å². The van der Waals surface area contributed by atoms with E-state index in [2.05, 4.69) is 10.4 Å². The standard InChI is InChI=1S/C10H18N4OS/c1-7-10(11)8(2)14(13-7)6-9(15)12-4-5-16-3/h4-6,11H2,1-3H3,(H,12,15). The molecule has 0 fully saturated rings. The summed E-state index contributed by atoms with van der Waals surface area (Å²) in [5.41, 5.74) is 8.06. The van der Waals surface area contributed by atoms with Gasteiger partial charge in [0.05, 0.1) is 17.1 Å². The second-order valence-electron chi connectivity index (χ2n) is 3.58. The van der Waals surface area contributed by atoms with Crippen LogP contribution in [0.3, 0.4) is 0 Å². The summed E-state index contributed by atoms with van der Waals surface area (Å²) >= 11 is 1.70. The molecule has 0 radical (unpaired) electrons. The van der Waals surface area contributed by atoms with Crippen molar-refractivity contribution < 1.29 is 4.79 Å². The quantitative estimate of drug-likeness (QED) is 0.740. The number of carbonyl (C=O) groups excluding carboxylic acids is 1. The van der Waals surface area contributed by atoms with Crippen LogP contribution in [0.4, 0.5) is 5.69 Å². The Hall–Kier alpha value is -1.17. The Morgan fingerprint density at radius 3 is 2.75 bits per heavy atom. The van der Waals surface area contributed by atoms with Gasteiger partial charge in [-0.2, -0.15) is 16.9 Å². The molecule has 16 heavy (non-hydrogen) atoms. The Kier molecular flexibility index (Phi) is 4.67. The number of nitrogens with zero attached hydrogens (tertiary/aromatic N) is 2. The molecular formula is C10H18N4OS. The summed E-state index contributed by atoms with van der Waals surface area (Å²) < 4.78 is 1.64. The fraction of sp³-hybridized carbons (Fsp3) is 0.600. The molecule has 0 aromatic carbocycles. The first-order valence-electron chi connectivity index (χ1n) is 5.11. The largest absolute Gasteiger partial charge is 0.396 e. The van der Waals surface area contributed by atoms with Gasteiger partial charge in [0, 0.05) is 12.3 Å². The highest BCUT2D eigenvalue weighted by atomic mass is 32.2. The van der Waals surface area contributed by atoms with Crippen molar-refractivity contribution >= 4 is 23.4 Å². The second-order valence-corrected chi connectivity index (χ2v) is 4.57. The highest BCUT2D eigenvalue weighted by Crippen LogP contribution is 2.14. The van der Waals surface area contributed by atoms with E-state index in [9.17, 15) is 4.79 Å². The van der Waals surface area contributed by atoms with Crippen LogP contribution in [0.2, 0.25) is 0 Å². The third-order valence-electron chi connectivity index (χ3n) is 2.36. The molecule has 0 aliphatic heterocycles.